The standard InChI is InChI=1S/C32H46BrN3O3.ClH/c1-4-14-36(15-5-2)32(39)27-17-23(3)16-26(20-27)31(38)35-29(19-24-10-7-6-8-11-24)30(37)22-34-21-25-12-9-13-28(33)18-25;/h9,12-13,16-18,20,24,29-30,34,37H,4-8,10-11,14-15,19,21-22H2,1-3H3,(H,35,38);1H/t29-,30+;/m0./s1. The van der Waals surface area contributed by atoms with Crippen LogP contribution >= 0.6 is 28.3 Å². The third-order valence-corrected chi connectivity index (χ3v) is 8.02. The smallest absolute Gasteiger partial charge is 0.253 e. The highest BCUT2D eigenvalue weighted by Crippen LogP contribution is 2.28. The Balaban J connectivity index is 0.00000560. The summed E-state index contributed by atoms with van der Waals surface area (Å²) in [6.45, 7) is 8.46. The number of aliphatic hydroxyl groups excluding tert-OH is 1. The quantitative estimate of drug-likeness (QED) is 0.217. The number of benzene rings is 2. The fourth-order valence-corrected chi connectivity index (χ4v) is 6.02. The Bertz CT molecular complexity index is 1070. The van der Waals surface area contributed by atoms with E-state index in [0.717, 1.165) is 47.7 Å². The summed E-state index contributed by atoms with van der Waals surface area (Å²) >= 11 is 3.50. The van der Waals surface area contributed by atoms with E-state index in [4.69, 9.17) is 0 Å². The van der Waals surface area contributed by atoms with Gasteiger partial charge >= 0.3 is 0 Å². The summed E-state index contributed by atoms with van der Waals surface area (Å²) in [5, 5.41) is 17.7. The summed E-state index contributed by atoms with van der Waals surface area (Å²) in [6, 6.07) is 13.1. The third-order valence-electron chi connectivity index (χ3n) is 7.53. The predicted octanol–water partition coefficient (Wildman–Crippen LogP) is 6.66. The molecule has 0 saturated heterocycles. The first-order chi connectivity index (χ1) is 18.8. The van der Waals surface area contributed by atoms with Crippen molar-refractivity contribution >= 4 is 40.2 Å². The fraction of sp³-hybridized carbons (Fsp3) is 0.562. The van der Waals surface area contributed by atoms with Crippen molar-refractivity contribution in [2.45, 2.75) is 90.8 Å². The van der Waals surface area contributed by atoms with E-state index in [1.807, 2.05) is 42.2 Å². The first-order valence-corrected chi connectivity index (χ1v) is 15.4. The van der Waals surface area contributed by atoms with Gasteiger partial charge < -0.3 is 20.6 Å². The predicted molar refractivity (Wildman–Crippen MR) is 169 cm³/mol. The van der Waals surface area contributed by atoms with Crippen molar-refractivity contribution in [3.63, 3.8) is 0 Å². The molecule has 1 saturated carbocycles. The number of amides is 2. The summed E-state index contributed by atoms with van der Waals surface area (Å²) in [5.74, 6) is 0.221. The van der Waals surface area contributed by atoms with Gasteiger partial charge in [0, 0.05) is 41.8 Å². The van der Waals surface area contributed by atoms with Gasteiger partial charge in [-0.3, -0.25) is 9.59 Å². The topological polar surface area (TPSA) is 81.7 Å². The number of halogens is 2. The average Bonchev–Trinajstić information content (AvgIpc) is 2.92. The van der Waals surface area contributed by atoms with Crippen molar-refractivity contribution in [2.75, 3.05) is 19.6 Å². The average molecular weight is 637 g/mol. The van der Waals surface area contributed by atoms with Gasteiger partial charge in [-0.2, -0.15) is 0 Å². The van der Waals surface area contributed by atoms with Gasteiger partial charge in [0.15, 0.2) is 0 Å². The van der Waals surface area contributed by atoms with Crippen LogP contribution in [0.15, 0.2) is 46.9 Å². The van der Waals surface area contributed by atoms with Crippen molar-refractivity contribution in [1.29, 1.82) is 0 Å². The van der Waals surface area contributed by atoms with Crippen LogP contribution in [0.4, 0.5) is 0 Å². The van der Waals surface area contributed by atoms with E-state index in [9.17, 15) is 14.7 Å². The lowest BCUT2D eigenvalue weighted by Gasteiger charge is -2.30. The molecule has 0 radical (unpaired) electrons. The van der Waals surface area contributed by atoms with E-state index in [1.54, 1.807) is 6.07 Å². The van der Waals surface area contributed by atoms with Gasteiger partial charge in [-0.25, -0.2) is 0 Å². The second kappa shape index (κ2) is 17.8. The molecule has 2 aromatic rings. The first kappa shape index (κ1) is 34.3. The fourth-order valence-electron chi connectivity index (χ4n) is 5.57. The Morgan fingerprint density at radius 2 is 1.70 bits per heavy atom. The Labute approximate surface area is 255 Å². The molecule has 222 valence electrons. The Hall–Kier alpha value is -1.93. The zero-order valence-corrected chi connectivity index (χ0v) is 26.7. The third kappa shape index (κ3) is 10.8. The normalized spacial score (nSPS) is 15.1. The van der Waals surface area contributed by atoms with Crippen LogP contribution in [0.5, 0.6) is 0 Å². The van der Waals surface area contributed by atoms with E-state index in [1.165, 1.54) is 19.3 Å². The summed E-state index contributed by atoms with van der Waals surface area (Å²) in [7, 11) is 0. The summed E-state index contributed by atoms with van der Waals surface area (Å²) in [6.07, 6.45) is 7.76. The Morgan fingerprint density at radius 3 is 2.35 bits per heavy atom. The van der Waals surface area contributed by atoms with Crippen LogP contribution < -0.4 is 10.6 Å². The SMILES string of the molecule is CCCN(CCC)C(=O)c1cc(C)cc(C(=O)N[C@@H](CC2CCCCC2)[C@H](O)CNCc2cccc(Br)c2)c1.Cl. The number of aryl methyl sites for hydroxylation is 1. The van der Waals surface area contributed by atoms with Gasteiger partial charge in [-0.05, 0) is 73.6 Å². The molecule has 0 bridgehead atoms. The van der Waals surface area contributed by atoms with Crippen LogP contribution in [0.2, 0.25) is 0 Å². The molecule has 0 spiro atoms. The monoisotopic (exact) mass is 635 g/mol. The van der Waals surface area contributed by atoms with Crippen LogP contribution in [0.25, 0.3) is 0 Å². The summed E-state index contributed by atoms with van der Waals surface area (Å²) in [4.78, 5) is 28.6. The maximum Gasteiger partial charge on any atom is 0.253 e. The molecule has 2 atom stereocenters. The molecular weight excluding hydrogens is 590 g/mol. The van der Waals surface area contributed by atoms with Gasteiger partial charge in [0.05, 0.1) is 12.1 Å². The Kier molecular flexibility index (Phi) is 15.2. The molecule has 0 heterocycles. The first-order valence-electron chi connectivity index (χ1n) is 14.7. The van der Waals surface area contributed by atoms with E-state index in [2.05, 4.69) is 46.5 Å². The van der Waals surface area contributed by atoms with Crippen molar-refractivity contribution in [3.8, 4) is 0 Å². The summed E-state index contributed by atoms with van der Waals surface area (Å²) < 4.78 is 1.02. The molecule has 3 N–H and O–H groups in total. The molecule has 8 heteroatoms. The maximum absolute atomic E-state index is 13.5. The van der Waals surface area contributed by atoms with Crippen molar-refractivity contribution in [3.05, 3.63) is 69.2 Å². The highest BCUT2D eigenvalue weighted by molar-refractivity contribution is 9.10. The molecule has 0 unspecified atom stereocenters. The van der Waals surface area contributed by atoms with Gasteiger partial charge in [0.1, 0.15) is 0 Å². The van der Waals surface area contributed by atoms with Gasteiger partial charge in [-0.15, -0.1) is 12.4 Å². The molecule has 1 aliphatic rings. The zero-order valence-electron chi connectivity index (χ0n) is 24.3. The lowest BCUT2D eigenvalue weighted by atomic mass is 9.83. The molecule has 1 aliphatic carbocycles. The maximum atomic E-state index is 13.5. The minimum absolute atomic E-state index is 0. The molecular formula is C32H47BrClN3O3. The molecule has 2 amide bonds. The molecule has 0 aliphatic heterocycles. The van der Waals surface area contributed by atoms with Crippen LogP contribution in [0, 0.1) is 12.8 Å². The lowest BCUT2D eigenvalue weighted by Crippen LogP contribution is -2.48. The van der Waals surface area contributed by atoms with Crippen LogP contribution in [-0.2, 0) is 6.54 Å². The molecule has 3 rings (SSSR count). The van der Waals surface area contributed by atoms with E-state index in [0.29, 0.717) is 43.2 Å². The molecule has 0 aromatic heterocycles. The van der Waals surface area contributed by atoms with E-state index < -0.39 is 6.10 Å². The number of aliphatic hydroxyl groups is 1. The number of hydrogen-bond donors (Lipinski definition) is 3. The molecule has 40 heavy (non-hydrogen) atoms. The van der Waals surface area contributed by atoms with Crippen LogP contribution in [0.3, 0.4) is 0 Å². The molecule has 2 aromatic carbocycles. The number of rotatable bonds is 14. The zero-order chi connectivity index (χ0) is 28.2. The number of carbonyl (C=O) groups excluding carboxylic acids is 2. The Morgan fingerprint density at radius 1 is 1.02 bits per heavy atom. The van der Waals surface area contributed by atoms with Crippen LogP contribution in [0.1, 0.15) is 97.1 Å². The molecule has 6 nitrogen and oxygen atoms in total. The highest BCUT2D eigenvalue weighted by atomic mass is 79.9. The highest BCUT2D eigenvalue weighted by Gasteiger charge is 2.27. The number of carbonyl (C=O) groups is 2. The second-order valence-electron chi connectivity index (χ2n) is 11.0. The second-order valence-corrected chi connectivity index (χ2v) is 11.9. The van der Waals surface area contributed by atoms with Crippen molar-refractivity contribution in [2.24, 2.45) is 5.92 Å². The number of nitrogens with one attached hydrogen (secondary N) is 2. The van der Waals surface area contributed by atoms with E-state index >= 15 is 0 Å². The number of hydrogen-bond acceptors (Lipinski definition) is 4. The molecule has 1 fully saturated rings. The number of nitrogens with zero attached hydrogens (tertiary/aromatic N) is 1. The summed E-state index contributed by atoms with van der Waals surface area (Å²) in [5.41, 5.74) is 3.01. The van der Waals surface area contributed by atoms with Gasteiger partial charge in [-0.1, -0.05) is 74.0 Å². The van der Waals surface area contributed by atoms with Gasteiger partial charge in [0.25, 0.3) is 11.8 Å². The van der Waals surface area contributed by atoms with Crippen molar-refractivity contribution < 1.29 is 14.7 Å². The van der Waals surface area contributed by atoms with E-state index in [-0.39, 0.29) is 30.3 Å². The largest absolute Gasteiger partial charge is 0.390 e. The minimum atomic E-state index is -0.724. The van der Waals surface area contributed by atoms with Gasteiger partial charge in [0.2, 0.25) is 0 Å². The van der Waals surface area contributed by atoms with Crippen molar-refractivity contribution in [1.82, 2.24) is 15.5 Å². The lowest BCUT2D eigenvalue weighted by molar-refractivity contribution is 0.0755. The minimum Gasteiger partial charge on any atom is -0.390 e. The van der Waals surface area contributed by atoms with Crippen LogP contribution in [-0.4, -0.2) is 53.6 Å².